The highest BCUT2D eigenvalue weighted by atomic mass is 32.2. The molecule has 1 aliphatic heterocycles. The molecule has 0 amide bonds. The lowest BCUT2D eigenvalue weighted by Gasteiger charge is -2.39. The summed E-state index contributed by atoms with van der Waals surface area (Å²) in [6.45, 7) is -0.566. The first-order valence-corrected chi connectivity index (χ1v) is 13.4. The second-order valence-electron chi connectivity index (χ2n) is 9.06. The molecular formula is C30H26N4O5S. The van der Waals surface area contributed by atoms with Crippen LogP contribution in [0.5, 0.6) is 0 Å². The summed E-state index contributed by atoms with van der Waals surface area (Å²) in [5.74, 6) is 0. The number of hydrogen-bond acceptors (Lipinski definition) is 10. The largest absolute Gasteiger partial charge is 0.394 e. The fourth-order valence-electron chi connectivity index (χ4n) is 4.40. The molecule has 0 aliphatic carbocycles. The van der Waals surface area contributed by atoms with Crippen LogP contribution >= 0.6 is 11.8 Å². The van der Waals surface area contributed by atoms with E-state index in [1.165, 1.54) is 0 Å². The molecule has 0 bridgehead atoms. The minimum absolute atomic E-state index is 0.176. The van der Waals surface area contributed by atoms with Gasteiger partial charge in [-0.2, -0.15) is 10.4 Å². The number of benzene rings is 3. The molecule has 0 saturated carbocycles. The molecule has 0 spiro atoms. The number of rotatable bonds is 7. The van der Waals surface area contributed by atoms with E-state index in [0.29, 0.717) is 28.2 Å². The zero-order chi connectivity index (χ0) is 28.1. The van der Waals surface area contributed by atoms with Crippen molar-refractivity contribution in [1.29, 1.82) is 5.26 Å². The Kier molecular flexibility index (Phi) is 8.62. The molecule has 10 heteroatoms. The van der Waals surface area contributed by atoms with Crippen molar-refractivity contribution in [1.82, 2.24) is 4.98 Å². The lowest BCUT2D eigenvalue weighted by molar-refractivity contribution is -0.205. The molecule has 1 aliphatic rings. The Labute approximate surface area is 235 Å². The summed E-state index contributed by atoms with van der Waals surface area (Å²) < 4.78 is 5.72. The van der Waals surface area contributed by atoms with Gasteiger partial charge in [-0.3, -0.25) is 0 Å². The minimum Gasteiger partial charge on any atom is -0.394 e. The molecule has 1 saturated heterocycles. The monoisotopic (exact) mass is 554 g/mol. The van der Waals surface area contributed by atoms with Gasteiger partial charge in [-0.05, 0) is 17.7 Å². The highest BCUT2D eigenvalue weighted by Gasteiger charge is 2.44. The van der Waals surface area contributed by atoms with Crippen molar-refractivity contribution in [3.63, 3.8) is 0 Å². The van der Waals surface area contributed by atoms with Crippen LogP contribution in [-0.2, 0) is 4.74 Å². The summed E-state index contributed by atoms with van der Waals surface area (Å²) in [5.41, 5.74) is 2.43. The maximum Gasteiger partial charge on any atom is 0.138 e. The molecular weight excluding hydrogens is 528 g/mol. The number of nitriles is 1. The van der Waals surface area contributed by atoms with Gasteiger partial charge in [-0.15, -0.1) is 5.11 Å². The topological polar surface area (TPSA) is 152 Å². The number of nitrogens with zero attached hydrogens (tertiary/aromatic N) is 4. The van der Waals surface area contributed by atoms with Gasteiger partial charge in [0.25, 0.3) is 0 Å². The van der Waals surface area contributed by atoms with Gasteiger partial charge >= 0.3 is 0 Å². The quantitative estimate of drug-likeness (QED) is 0.242. The summed E-state index contributed by atoms with van der Waals surface area (Å²) in [7, 11) is 0. The maximum atomic E-state index is 10.7. The van der Waals surface area contributed by atoms with Crippen molar-refractivity contribution in [2.45, 2.75) is 34.9 Å². The van der Waals surface area contributed by atoms with Crippen molar-refractivity contribution in [2.75, 3.05) is 6.61 Å². The van der Waals surface area contributed by atoms with Crippen molar-refractivity contribution in [2.24, 2.45) is 10.2 Å². The van der Waals surface area contributed by atoms with Crippen molar-refractivity contribution >= 4 is 23.1 Å². The van der Waals surface area contributed by atoms with E-state index >= 15 is 0 Å². The molecule has 9 nitrogen and oxygen atoms in total. The molecule has 2 heterocycles. The van der Waals surface area contributed by atoms with E-state index in [2.05, 4.69) is 16.3 Å². The normalized spacial score (nSPS) is 22.7. The first-order chi connectivity index (χ1) is 19.5. The molecule has 3 aromatic carbocycles. The average Bonchev–Trinajstić information content (AvgIpc) is 3.01. The number of aliphatic hydroxyl groups excluding tert-OH is 4. The Morgan fingerprint density at radius 1 is 0.800 bits per heavy atom. The van der Waals surface area contributed by atoms with Crippen LogP contribution in [0.25, 0.3) is 22.4 Å². The molecule has 1 fully saturated rings. The Morgan fingerprint density at radius 3 is 2.00 bits per heavy atom. The van der Waals surface area contributed by atoms with Crippen molar-refractivity contribution in [3.05, 3.63) is 96.6 Å². The molecule has 5 atom stereocenters. The second kappa shape index (κ2) is 12.5. The predicted octanol–water partition coefficient (Wildman–Crippen LogP) is 4.59. The standard InChI is InChI=1S/C30H26N4O5S/c31-16-21-23(18-10-4-1-5-11-18)25(34-33-20-14-8-3-9-15-20)24(19-12-6-2-7-13-19)32-29(21)40-30-28(38)27(37)26(36)22(17-35)39-30/h1-15,22,26-28,30,35-38H,17H2/t22-,26-,27+,28-,30+/m1/s1. The molecule has 202 valence electrons. The summed E-state index contributed by atoms with van der Waals surface area (Å²) in [5, 5.41) is 60.6. The number of ether oxygens (including phenoxy) is 1. The number of aliphatic hydroxyl groups is 4. The Balaban J connectivity index is 1.73. The lowest BCUT2D eigenvalue weighted by Crippen LogP contribution is -2.57. The van der Waals surface area contributed by atoms with E-state index in [0.717, 1.165) is 17.3 Å². The van der Waals surface area contributed by atoms with Crippen LogP contribution in [0.4, 0.5) is 11.4 Å². The van der Waals surface area contributed by atoms with Gasteiger partial charge in [0.15, 0.2) is 0 Å². The van der Waals surface area contributed by atoms with Gasteiger partial charge in [0.05, 0.1) is 23.6 Å². The third-order valence-electron chi connectivity index (χ3n) is 6.46. The fourth-order valence-corrected chi connectivity index (χ4v) is 5.53. The third kappa shape index (κ3) is 5.66. The summed E-state index contributed by atoms with van der Waals surface area (Å²) in [6.07, 6.45) is -5.66. The summed E-state index contributed by atoms with van der Waals surface area (Å²) in [4.78, 5) is 4.82. The van der Waals surface area contributed by atoms with Crippen LogP contribution in [0.15, 0.2) is 106 Å². The molecule has 1 aromatic heterocycles. The summed E-state index contributed by atoms with van der Waals surface area (Å²) >= 11 is 0.929. The Morgan fingerprint density at radius 2 is 1.40 bits per heavy atom. The number of pyridine rings is 1. The molecule has 40 heavy (non-hydrogen) atoms. The third-order valence-corrected chi connectivity index (χ3v) is 7.60. The van der Waals surface area contributed by atoms with Gasteiger partial charge in [-0.25, -0.2) is 4.98 Å². The van der Waals surface area contributed by atoms with Crippen molar-refractivity contribution < 1.29 is 25.2 Å². The smallest absolute Gasteiger partial charge is 0.138 e. The minimum atomic E-state index is -1.56. The van der Waals surface area contributed by atoms with Gasteiger partial charge < -0.3 is 25.2 Å². The average molecular weight is 555 g/mol. The number of aromatic nitrogens is 1. The first-order valence-electron chi connectivity index (χ1n) is 12.5. The second-order valence-corrected chi connectivity index (χ2v) is 10.1. The Hall–Kier alpha value is -3.95. The van der Waals surface area contributed by atoms with Gasteiger partial charge in [0, 0.05) is 11.1 Å². The first kappa shape index (κ1) is 27.6. The lowest BCUT2D eigenvalue weighted by atomic mass is 9.96. The highest BCUT2D eigenvalue weighted by Crippen LogP contribution is 2.45. The van der Waals surface area contributed by atoms with Crippen LogP contribution in [0.3, 0.4) is 0 Å². The number of hydrogen-bond donors (Lipinski definition) is 4. The summed E-state index contributed by atoms with van der Waals surface area (Å²) in [6, 6.07) is 30.1. The van der Waals surface area contributed by atoms with Crippen molar-refractivity contribution in [3.8, 4) is 28.5 Å². The SMILES string of the molecule is N#Cc1c(S[C@@H]2O[C@H](CO)[C@@H](O)[C@H](O)[C@H]2O)nc(-c2ccccc2)c(N=Nc2ccccc2)c1-c1ccccc1. The number of azo groups is 1. The van der Waals surface area contributed by atoms with E-state index in [1.54, 1.807) is 0 Å². The predicted molar refractivity (Wildman–Crippen MR) is 150 cm³/mol. The molecule has 5 rings (SSSR count). The van der Waals surface area contributed by atoms with E-state index in [9.17, 15) is 25.7 Å². The zero-order valence-corrected chi connectivity index (χ0v) is 22.0. The van der Waals surface area contributed by atoms with Gasteiger partial charge in [-0.1, -0.05) is 90.6 Å². The molecule has 4 N–H and O–H groups in total. The Bertz CT molecular complexity index is 1510. The van der Waals surface area contributed by atoms with E-state index in [1.807, 2.05) is 91.0 Å². The molecule has 4 aromatic rings. The van der Waals surface area contributed by atoms with Crippen LogP contribution in [0, 0.1) is 11.3 Å². The van der Waals surface area contributed by atoms with Gasteiger partial charge in [0.1, 0.15) is 46.6 Å². The van der Waals surface area contributed by atoms with E-state index in [4.69, 9.17) is 9.72 Å². The van der Waals surface area contributed by atoms with E-state index < -0.39 is 36.5 Å². The number of thioether (sulfide) groups is 1. The zero-order valence-electron chi connectivity index (χ0n) is 21.1. The maximum absolute atomic E-state index is 10.7. The van der Waals surface area contributed by atoms with Crippen LogP contribution in [0.2, 0.25) is 0 Å². The fraction of sp³-hybridized carbons (Fsp3) is 0.200. The molecule has 0 radical (unpaired) electrons. The van der Waals surface area contributed by atoms with Crippen LogP contribution in [-0.4, -0.2) is 61.9 Å². The molecule has 0 unspecified atom stereocenters. The van der Waals surface area contributed by atoms with Crippen LogP contribution < -0.4 is 0 Å². The van der Waals surface area contributed by atoms with Crippen LogP contribution in [0.1, 0.15) is 5.56 Å². The van der Waals surface area contributed by atoms with Gasteiger partial charge in [0.2, 0.25) is 0 Å². The van der Waals surface area contributed by atoms with E-state index in [-0.39, 0.29) is 10.6 Å². The highest BCUT2D eigenvalue weighted by molar-refractivity contribution is 7.99.